The third kappa shape index (κ3) is 2.56. The van der Waals surface area contributed by atoms with Crippen molar-refractivity contribution in [1.82, 2.24) is 5.32 Å². The van der Waals surface area contributed by atoms with Crippen LogP contribution in [0.15, 0.2) is 12.1 Å². The minimum Gasteiger partial charge on any atom is -0.507 e. The van der Waals surface area contributed by atoms with Gasteiger partial charge in [-0.25, -0.2) is 0 Å². The highest BCUT2D eigenvalue weighted by atomic mass is 16.3. The summed E-state index contributed by atoms with van der Waals surface area (Å²) in [6, 6.07) is 4.16. The molecule has 2 rings (SSSR count). The number of hydrogen-bond donors (Lipinski definition) is 2. The van der Waals surface area contributed by atoms with E-state index >= 15 is 0 Å². The Balaban J connectivity index is 2.13. The van der Waals surface area contributed by atoms with Crippen molar-refractivity contribution in [3.8, 4) is 5.75 Å². The summed E-state index contributed by atoms with van der Waals surface area (Å²) in [5, 5.41) is 13.5. The standard InChI is InChI=1S/C14H21NO/c1-10-6-11(2)14(16)13(7-10)8-12-4-3-5-15-9-12/h6-7,12,15-16H,3-5,8-9H2,1-2H3. The predicted molar refractivity (Wildman–Crippen MR) is 66.9 cm³/mol. The molecule has 2 N–H and O–H groups in total. The van der Waals surface area contributed by atoms with Crippen LogP contribution in [-0.4, -0.2) is 18.2 Å². The Morgan fingerprint density at radius 2 is 2.19 bits per heavy atom. The highest BCUT2D eigenvalue weighted by Crippen LogP contribution is 2.27. The van der Waals surface area contributed by atoms with Crippen molar-refractivity contribution in [3.05, 3.63) is 28.8 Å². The van der Waals surface area contributed by atoms with E-state index in [0.29, 0.717) is 11.7 Å². The number of aromatic hydroxyl groups is 1. The lowest BCUT2D eigenvalue weighted by Crippen LogP contribution is -2.30. The Morgan fingerprint density at radius 1 is 1.38 bits per heavy atom. The summed E-state index contributed by atoms with van der Waals surface area (Å²) in [5.41, 5.74) is 3.36. The maximum atomic E-state index is 10.0. The molecule has 0 aliphatic carbocycles. The fourth-order valence-corrected chi connectivity index (χ4v) is 2.61. The van der Waals surface area contributed by atoms with Gasteiger partial charge in [-0.2, -0.15) is 0 Å². The Hall–Kier alpha value is -1.02. The highest BCUT2D eigenvalue weighted by Gasteiger charge is 2.16. The first-order valence-electron chi connectivity index (χ1n) is 6.16. The first-order chi connectivity index (χ1) is 7.66. The summed E-state index contributed by atoms with van der Waals surface area (Å²) in [6.07, 6.45) is 3.54. The van der Waals surface area contributed by atoms with Crippen LogP contribution in [0.25, 0.3) is 0 Å². The van der Waals surface area contributed by atoms with Gasteiger partial charge in [0.15, 0.2) is 0 Å². The van der Waals surface area contributed by atoms with Gasteiger partial charge in [-0.1, -0.05) is 17.7 Å². The summed E-state index contributed by atoms with van der Waals surface area (Å²) < 4.78 is 0. The van der Waals surface area contributed by atoms with Gasteiger partial charge < -0.3 is 10.4 Å². The number of hydrogen-bond acceptors (Lipinski definition) is 2. The van der Waals surface area contributed by atoms with E-state index in [4.69, 9.17) is 0 Å². The van der Waals surface area contributed by atoms with Crippen molar-refractivity contribution in [2.75, 3.05) is 13.1 Å². The smallest absolute Gasteiger partial charge is 0.121 e. The zero-order valence-electron chi connectivity index (χ0n) is 10.2. The van der Waals surface area contributed by atoms with Crippen LogP contribution in [0, 0.1) is 19.8 Å². The van der Waals surface area contributed by atoms with Crippen LogP contribution < -0.4 is 5.32 Å². The molecule has 0 spiro atoms. The number of aryl methyl sites for hydroxylation is 2. The molecule has 0 saturated carbocycles. The molecule has 0 bridgehead atoms. The average Bonchev–Trinajstić information content (AvgIpc) is 2.27. The van der Waals surface area contributed by atoms with E-state index < -0.39 is 0 Å². The van der Waals surface area contributed by atoms with Crippen LogP contribution in [0.5, 0.6) is 5.75 Å². The predicted octanol–water partition coefficient (Wildman–Crippen LogP) is 2.55. The van der Waals surface area contributed by atoms with Gasteiger partial charge in [0.05, 0.1) is 0 Å². The van der Waals surface area contributed by atoms with Gasteiger partial charge in [-0.05, 0) is 63.2 Å². The van der Waals surface area contributed by atoms with Crippen LogP contribution in [0.1, 0.15) is 29.5 Å². The molecule has 1 aromatic carbocycles. The maximum absolute atomic E-state index is 10.0. The lowest BCUT2D eigenvalue weighted by Gasteiger charge is -2.23. The Bertz CT molecular complexity index is 367. The Kier molecular flexibility index (Phi) is 3.49. The first-order valence-corrected chi connectivity index (χ1v) is 6.16. The van der Waals surface area contributed by atoms with Gasteiger partial charge >= 0.3 is 0 Å². The molecule has 2 nitrogen and oxygen atoms in total. The lowest BCUT2D eigenvalue weighted by molar-refractivity contribution is 0.369. The molecule has 16 heavy (non-hydrogen) atoms. The quantitative estimate of drug-likeness (QED) is 0.801. The number of phenols is 1. The molecule has 1 heterocycles. The number of piperidine rings is 1. The fraction of sp³-hybridized carbons (Fsp3) is 0.571. The molecular weight excluding hydrogens is 198 g/mol. The van der Waals surface area contributed by atoms with Gasteiger partial charge in [0, 0.05) is 0 Å². The van der Waals surface area contributed by atoms with Crippen LogP contribution in [0.2, 0.25) is 0 Å². The van der Waals surface area contributed by atoms with E-state index in [1.807, 2.05) is 13.0 Å². The summed E-state index contributed by atoms with van der Waals surface area (Å²) in [4.78, 5) is 0. The first kappa shape index (κ1) is 11.5. The molecule has 1 atom stereocenters. The maximum Gasteiger partial charge on any atom is 0.121 e. The van der Waals surface area contributed by atoms with Crippen LogP contribution in [0.3, 0.4) is 0 Å². The topological polar surface area (TPSA) is 32.3 Å². The molecule has 0 amide bonds. The lowest BCUT2D eigenvalue weighted by atomic mass is 9.90. The van der Waals surface area contributed by atoms with Gasteiger partial charge in [-0.3, -0.25) is 0 Å². The molecule has 1 saturated heterocycles. The number of nitrogens with one attached hydrogen (secondary N) is 1. The van der Waals surface area contributed by atoms with Crippen LogP contribution in [-0.2, 0) is 6.42 Å². The van der Waals surface area contributed by atoms with E-state index in [-0.39, 0.29) is 0 Å². The van der Waals surface area contributed by atoms with Crippen molar-refractivity contribution in [1.29, 1.82) is 0 Å². The molecule has 1 aliphatic rings. The molecule has 1 aromatic rings. The SMILES string of the molecule is Cc1cc(C)c(O)c(CC2CCCNC2)c1. The zero-order valence-corrected chi connectivity index (χ0v) is 10.2. The molecule has 0 aromatic heterocycles. The average molecular weight is 219 g/mol. The second kappa shape index (κ2) is 4.88. The Labute approximate surface area is 97.7 Å². The number of benzene rings is 1. The molecule has 2 heteroatoms. The Morgan fingerprint density at radius 3 is 2.88 bits per heavy atom. The second-order valence-electron chi connectivity index (χ2n) is 5.01. The van der Waals surface area contributed by atoms with E-state index in [1.165, 1.54) is 18.4 Å². The third-order valence-corrected chi connectivity index (χ3v) is 3.43. The van der Waals surface area contributed by atoms with Gasteiger partial charge in [0.2, 0.25) is 0 Å². The van der Waals surface area contributed by atoms with Crippen molar-refractivity contribution in [2.45, 2.75) is 33.1 Å². The van der Waals surface area contributed by atoms with E-state index in [1.54, 1.807) is 0 Å². The monoisotopic (exact) mass is 219 g/mol. The molecule has 0 radical (unpaired) electrons. The minimum absolute atomic E-state index is 0.496. The third-order valence-electron chi connectivity index (χ3n) is 3.43. The second-order valence-corrected chi connectivity index (χ2v) is 5.01. The molecule has 88 valence electrons. The van der Waals surface area contributed by atoms with Gasteiger partial charge in [0.25, 0.3) is 0 Å². The largest absolute Gasteiger partial charge is 0.507 e. The van der Waals surface area contributed by atoms with E-state index in [0.717, 1.165) is 30.6 Å². The summed E-state index contributed by atoms with van der Waals surface area (Å²) in [7, 11) is 0. The number of phenolic OH excluding ortho intramolecular Hbond substituents is 1. The zero-order chi connectivity index (χ0) is 11.5. The van der Waals surface area contributed by atoms with Gasteiger partial charge in [-0.15, -0.1) is 0 Å². The molecule has 1 unspecified atom stereocenters. The molecule has 1 fully saturated rings. The minimum atomic E-state index is 0.496. The summed E-state index contributed by atoms with van der Waals surface area (Å²) in [5.74, 6) is 1.18. The molecule has 1 aliphatic heterocycles. The number of rotatable bonds is 2. The van der Waals surface area contributed by atoms with Crippen molar-refractivity contribution in [3.63, 3.8) is 0 Å². The summed E-state index contributed by atoms with van der Waals surface area (Å²) in [6.45, 7) is 6.31. The normalized spacial score (nSPS) is 21.0. The van der Waals surface area contributed by atoms with E-state index in [2.05, 4.69) is 18.3 Å². The van der Waals surface area contributed by atoms with Crippen LogP contribution in [0.4, 0.5) is 0 Å². The van der Waals surface area contributed by atoms with Gasteiger partial charge in [0.1, 0.15) is 5.75 Å². The van der Waals surface area contributed by atoms with E-state index in [9.17, 15) is 5.11 Å². The highest BCUT2D eigenvalue weighted by molar-refractivity contribution is 5.42. The molecular formula is C14H21NO. The van der Waals surface area contributed by atoms with Crippen molar-refractivity contribution < 1.29 is 5.11 Å². The van der Waals surface area contributed by atoms with Crippen LogP contribution >= 0.6 is 0 Å². The van der Waals surface area contributed by atoms with Crippen molar-refractivity contribution >= 4 is 0 Å². The summed E-state index contributed by atoms with van der Waals surface area (Å²) >= 11 is 0. The fourth-order valence-electron chi connectivity index (χ4n) is 2.61. The van der Waals surface area contributed by atoms with Crippen molar-refractivity contribution in [2.24, 2.45) is 5.92 Å².